The van der Waals surface area contributed by atoms with E-state index in [1.807, 2.05) is 63.5 Å². The monoisotopic (exact) mass is 814 g/mol. The van der Waals surface area contributed by atoms with Crippen molar-refractivity contribution in [3.05, 3.63) is 241 Å². The highest BCUT2D eigenvalue weighted by Gasteiger charge is 2.46. The van der Waals surface area contributed by atoms with Gasteiger partial charge >= 0.3 is 0 Å². The Hall–Kier alpha value is -8.00. The number of benzene rings is 7. The van der Waals surface area contributed by atoms with Crippen LogP contribution in [0.15, 0.2) is 219 Å². The summed E-state index contributed by atoms with van der Waals surface area (Å²) in [5.41, 5.74) is 11.8. The van der Waals surface area contributed by atoms with Gasteiger partial charge < -0.3 is 0 Å². The van der Waals surface area contributed by atoms with Gasteiger partial charge in [0.15, 0.2) is 17.5 Å². The lowest BCUT2D eigenvalue weighted by molar-refractivity contribution is 0.766. The van der Waals surface area contributed by atoms with Gasteiger partial charge in [0, 0.05) is 29.1 Å². The van der Waals surface area contributed by atoms with E-state index in [1.54, 1.807) is 13.0 Å². The number of hydrogen-bond donors (Lipinski definition) is 0. The lowest BCUT2D eigenvalue weighted by atomic mass is 9.68. The first-order valence-corrected chi connectivity index (χ1v) is 21.3. The largest absolute Gasteiger partial charge is 0.265 e. The van der Waals surface area contributed by atoms with Crippen LogP contribution in [0.3, 0.4) is 0 Å². The Morgan fingerprint density at radius 3 is 1.65 bits per heavy atom. The molecular weight excluding hydrogens is 765 g/mol. The number of aromatic nitrogens is 4. The normalized spacial score (nSPS) is 13.1. The molecule has 0 spiro atoms. The molecule has 1 atom stereocenters. The molecule has 2 heterocycles. The number of pyridine rings is 1. The predicted molar refractivity (Wildman–Crippen MR) is 265 cm³/mol. The van der Waals surface area contributed by atoms with E-state index in [1.165, 1.54) is 44.2 Å². The molecule has 1 unspecified atom stereocenters. The molecule has 0 bridgehead atoms. The van der Waals surface area contributed by atoms with E-state index in [0.29, 0.717) is 17.5 Å². The van der Waals surface area contributed by atoms with E-state index in [-0.39, 0.29) is 0 Å². The molecule has 0 aliphatic heterocycles. The molecule has 9 aromatic rings. The molecule has 0 amide bonds. The lowest BCUT2D eigenvalue weighted by Gasteiger charge is -2.33. The fourth-order valence-electron chi connectivity index (χ4n) is 8.26. The van der Waals surface area contributed by atoms with Crippen LogP contribution < -0.4 is 0 Å². The van der Waals surface area contributed by atoms with Crippen LogP contribution in [-0.4, -0.2) is 19.9 Å². The highest BCUT2D eigenvalue weighted by molar-refractivity contribution is 5.97. The second-order valence-electron chi connectivity index (χ2n) is 14.5. The van der Waals surface area contributed by atoms with E-state index in [2.05, 4.69) is 188 Å². The minimum absolute atomic E-state index is 0.554. The lowest BCUT2D eigenvalue weighted by Crippen LogP contribution is -2.28. The summed E-state index contributed by atoms with van der Waals surface area (Å²) in [6, 6.07) is 64.2. The van der Waals surface area contributed by atoms with Crippen LogP contribution in [0.4, 0.5) is 0 Å². The summed E-state index contributed by atoms with van der Waals surface area (Å²) >= 11 is 0. The standard InChI is InChI=1S/C49H32N4.C5H8.C3H4.C2H6/c1-3-13-35(14-4-1)46-51-47(36-24-22-34(23-25-36)41-20-11-15-33-12-7-8-18-40(33)41)53-48(52-46)37-26-27-43-42-19-9-10-21-44(42)49(45(43)32-37,38-16-5-2-6-17-38)39-28-30-50-31-29-39;1-3-5-4-2;1-3-2;1-2/h1-32H;3-5H,1H2,2H3;1H,2H3;1-2H3/b;5-4-;;. The molecule has 306 valence electrons. The van der Waals surface area contributed by atoms with Crippen molar-refractivity contribution in [3.8, 4) is 68.8 Å². The molecule has 1 aliphatic rings. The summed E-state index contributed by atoms with van der Waals surface area (Å²) in [5, 5.41) is 2.45. The summed E-state index contributed by atoms with van der Waals surface area (Å²) in [7, 11) is 0. The Kier molecular flexibility index (Phi) is 14.0. The maximum absolute atomic E-state index is 5.19. The molecule has 10 rings (SSSR count). The molecule has 0 saturated carbocycles. The van der Waals surface area contributed by atoms with E-state index < -0.39 is 5.41 Å². The van der Waals surface area contributed by atoms with Crippen molar-refractivity contribution >= 4 is 10.8 Å². The first-order chi connectivity index (χ1) is 31.1. The van der Waals surface area contributed by atoms with Crippen molar-refractivity contribution in [3.63, 3.8) is 0 Å². The Morgan fingerprint density at radius 1 is 0.508 bits per heavy atom. The van der Waals surface area contributed by atoms with Gasteiger partial charge in [0.2, 0.25) is 0 Å². The summed E-state index contributed by atoms with van der Waals surface area (Å²) < 4.78 is 0. The quantitative estimate of drug-likeness (QED) is 0.119. The van der Waals surface area contributed by atoms with Crippen LogP contribution in [0, 0.1) is 12.3 Å². The number of allylic oxidation sites excluding steroid dienone is 3. The Morgan fingerprint density at radius 2 is 1.00 bits per heavy atom. The molecule has 4 heteroatoms. The van der Waals surface area contributed by atoms with Crippen molar-refractivity contribution in [1.29, 1.82) is 0 Å². The molecule has 63 heavy (non-hydrogen) atoms. The minimum Gasteiger partial charge on any atom is -0.265 e. The van der Waals surface area contributed by atoms with Crippen molar-refractivity contribution < 1.29 is 0 Å². The average molecular weight is 815 g/mol. The smallest absolute Gasteiger partial charge is 0.164 e. The second-order valence-corrected chi connectivity index (χ2v) is 14.5. The zero-order chi connectivity index (χ0) is 44.0. The topological polar surface area (TPSA) is 51.6 Å². The van der Waals surface area contributed by atoms with Crippen LogP contribution in [0.1, 0.15) is 49.9 Å². The highest BCUT2D eigenvalue weighted by Crippen LogP contribution is 2.56. The van der Waals surface area contributed by atoms with Crippen LogP contribution >= 0.6 is 0 Å². The van der Waals surface area contributed by atoms with E-state index in [0.717, 1.165) is 27.8 Å². The van der Waals surface area contributed by atoms with Crippen LogP contribution in [0.25, 0.3) is 67.2 Å². The fraction of sp³-hybridized carbons (Fsp3) is 0.0847. The maximum Gasteiger partial charge on any atom is 0.164 e. The Bertz CT molecular complexity index is 2960. The summed E-state index contributed by atoms with van der Waals surface area (Å²) in [5.74, 6) is 4.14. The highest BCUT2D eigenvalue weighted by atomic mass is 15.0. The molecule has 0 saturated heterocycles. The fourth-order valence-corrected chi connectivity index (χ4v) is 8.26. The van der Waals surface area contributed by atoms with Gasteiger partial charge in [-0.2, -0.15) is 0 Å². The van der Waals surface area contributed by atoms with Crippen molar-refractivity contribution in [2.75, 3.05) is 0 Å². The predicted octanol–water partition coefficient (Wildman–Crippen LogP) is 14.9. The number of hydrogen-bond acceptors (Lipinski definition) is 4. The van der Waals surface area contributed by atoms with Gasteiger partial charge in [-0.25, -0.2) is 15.0 Å². The van der Waals surface area contributed by atoms with Crippen LogP contribution in [-0.2, 0) is 5.41 Å². The third-order valence-electron chi connectivity index (χ3n) is 10.9. The van der Waals surface area contributed by atoms with Crippen LogP contribution in [0.2, 0.25) is 0 Å². The molecule has 0 fully saturated rings. The Labute approximate surface area is 372 Å². The van der Waals surface area contributed by atoms with E-state index in [4.69, 9.17) is 15.0 Å². The van der Waals surface area contributed by atoms with Crippen molar-refractivity contribution in [2.45, 2.75) is 33.1 Å². The van der Waals surface area contributed by atoms with Gasteiger partial charge in [-0.05, 0) is 87.3 Å². The number of nitrogens with zero attached hydrogens (tertiary/aromatic N) is 4. The number of terminal acetylenes is 1. The first-order valence-electron chi connectivity index (χ1n) is 21.3. The zero-order valence-corrected chi connectivity index (χ0v) is 36.3. The van der Waals surface area contributed by atoms with Gasteiger partial charge in [0.1, 0.15) is 0 Å². The van der Waals surface area contributed by atoms with Gasteiger partial charge in [0.05, 0.1) is 5.41 Å². The molecular formula is C59H50N4. The average Bonchev–Trinajstić information content (AvgIpc) is 3.66. The van der Waals surface area contributed by atoms with Gasteiger partial charge in [0.25, 0.3) is 0 Å². The number of rotatable bonds is 7. The third kappa shape index (κ3) is 8.77. The molecule has 1 aliphatic carbocycles. The molecule has 0 N–H and O–H groups in total. The SMILES string of the molecule is C#CC.C=C/C=C\C.CC.c1ccc(-c2nc(-c3ccc(-c4cccc5ccccc45)cc3)nc(-c3ccc4c(c3)C(c3ccccc3)(c3ccncc3)c3ccccc3-4)n2)cc1. The van der Waals surface area contributed by atoms with E-state index in [9.17, 15) is 0 Å². The van der Waals surface area contributed by atoms with Crippen LogP contribution in [0.5, 0.6) is 0 Å². The molecule has 4 nitrogen and oxygen atoms in total. The zero-order valence-electron chi connectivity index (χ0n) is 36.3. The molecule has 2 aromatic heterocycles. The minimum atomic E-state index is -0.554. The number of fused-ring (bicyclic) bond motifs is 4. The van der Waals surface area contributed by atoms with Gasteiger partial charge in [-0.15, -0.1) is 12.3 Å². The van der Waals surface area contributed by atoms with Crippen molar-refractivity contribution in [1.82, 2.24) is 19.9 Å². The van der Waals surface area contributed by atoms with Gasteiger partial charge in [-0.3, -0.25) is 4.98 Å². The van der Waals surface area contributed by atoms with E-state index >= 15 is 0 Å². The van der Waals surface area contributed by atoms with Crippen molar-refractivity contribution in [2.24, 2.45) is 0 Å². The summed E-state index contributed by atoms with van der Waals surface area (Å²) in [4.78, 5) is 19.8. The molecule has 7 aromatic carbocycles. The van der Waals surface area contributed by atoms with Gasteiger partial charge in [-0.1, -0.05) is 202 Å². The summed E-state index contributed by atoms with van der Waals surface area (Å²) in [6.07, 6.45) is 14.0. The maximum atomic E-state index is 5.19. The molecule has 0 radical (unpaired) electrons. The second kappa shape index (κ2) is 20.5. The summed E-state index contributed by atoms with van der Waals surface area (Å²) in [6.45, 7) is 11.1. The first kappa shape index (κ1) is 43.1. The Balaban J connectivity index is 0.000000545. The third-order valence-corrected chi connectivity index (χ3v) is 10.9.